The Morgan fingerprint density at radius 3 is 3.12 bits per heavy atom. The van der Waals surface area contributed by atoms with Crippen molar-refractivity contribution in [2.24, 2.45) is 0 Å². The molecule has 0 aliphatic carbocycles. The van der Waals surface area contributed by atoms with Crippen molar-refractivity contribution in [3.05, 3.63) is 24.2 Å². The van der Waals surface area contributed by atoms with E-state index >= 15 is 0 Å². The van der Waals surface area contributed by atoms with Gasteiger partial charge in [-0.05, 0) is 26.1 Å². The number of nitrogens with one attached hydrogen (secondary N) is 1. The van der Waals surface area contributed by atoms with E-state index in [4.69, 9.17) is 9.15 Å². The van der Waals surface area contributed by atoms with E-state index in [1.807, 2.05) is 12.1 Å². The molecule has 1 aliphatic rings. The lowest BCUT2D eigenvalue weighted by molar-refractivity contribution is 0.00247. The van der Waals surface area contributed by atoms with Crippen LogP contribution in [0.4, 0.5) is 0 Å². The largest absolute Gasteiger partial charge is 0.468 e. The van der Waals surface area contributed by atoms with E-state index in [1.165, 1.54) is 0 Å². The van der Waals surface area contributed by atoms with Crippen LogP contribution in [0.3, 0.4) is 0 Å². The molecule has 0 radical (unpaired) electrons. The van der Waals surface area contributed by atoms with Crippen LogP contribution in [0.15, 0.2) is 22.8 Å². The third-order valence-electron chi connectivity index (χ3n) is 3.11. The fraction of sp³-hybridized carbons (Fsp3) is 0.667. The molecule has 2 atom stereocenters. The summed E-state index contributed by atoms with van der Waals surface area (Å²) in [7, 11) is 2.10. The van der Waals surface area contributed by atoms with Gasteiger partial charge < -0.3 is 14.5 Å². The van der Waals surface area contributed by atoms with Crippen LogP contribution < -0.4 is 5.32 Å². The standard InChI is InChI=1S/C12H20N2O2/c1-10(12-4-3-6-16-12)14(2)9-11-8-13-5-7-15-11/h3-4,6,10-11,13H,5,7-9H2,1-2H3. The lowest BCUT2D eigenvalue weighted by atomic mass is 10.2. The van der Waals surface area contributed by atoms with Crippen molar-refractivity contribution in [2.45, 2.75) is 19.1 Å². The maximum atomic E-state index is 5.68. The third-order valence-corrected chi connectivity index (χ3v) is 3.11. The van der Waals surface area contributed by atoms with Crippen LogP contribution >= 0.6 is 0 Å². The van der Waals surface area contributed by atoms with Crippen LogP contribution in [0.2, 0.25) is 0 Å². The van der Waals surface area contributed by atoms with E-state index in [1.54, 1.807) is 6.26 Å². The second kappa shape index (κ2) is 5.48. The molecule has 1 N–H and O–H groups in total. The lowest BCUT2D eigenvalue weighted by Gasteiger charge is -2.30. The molecule has 0 bridgehead atoms. The van der Waals surface area contributed by atoms with Gasteiger partial charge in [0, 0.05) is 19.6 Å². The minimum atomic E-state index is 0.288. The van der Waals surface area contributed by atoms with Crippen molar-refractivity contribution in [3.63, 3.8) is 0 Å². The topological polar surface area (TPSA) is 37.6 Å². The molecule has 0 spiro atoms. The number of rotatable bonds is 4. The molecule has 2 heterocycles. The average Bonchev–Trinajstić information content (AvgIpc) is 2.83. The molecule has 0 aromatic carbocycles. The van der Waals surface area contributed by atoms with Crippen LogP contribution in [-0.2, 0) is 4.74 Å². The fourth-order valence-electron chi connectivity index (χ4n) is 1.96. The minimum absolute atomic E-state index is 0.288. The molecule has 90 valence electrons. The SMILES string of the molecule is CC(c1ccco1)N(C)CC1CNCCO1. The van der Waals surface area contributed by atoms with Crippen LogP contribution in [0.1, 0.15) is 18.7 Å². The van der Waals surface area contributed by atoms with E-state index in [0.717, 1.165) is 32.0 Å². The van der Waals surface area contributed by atoms with Crippen molar-refractivity contribution in [1.82, 2.24) is 10.2 Å². The molecule has 1 saturated heterocycles. The van der Waals surface area contributed by atoms with Gasteiger partial charge in [-0.3, -0.25) is 4.90 Å². The Labute approximate surface area is 96.6 Å². The van der Waals surface area contributed by atoms with Gasteiger partial charge in [0.2, 0.25) is 0 Å². The van der Waals surface area contributed by atoms with E-state index in [9.17, 15) is 0 Å². The zero-order valence-corrected chi connectivity index (χ0v) is 9.98. The number of ether oxygens (including phenoxy) is 1. The highest BCUT2D eigenvalue weighted by Gasteiger charge is 2.20. The highest BCUT2D eigenvalue weighted by atomic mass is 16.5. The average molecular weight is 224 g/mol. The highest BCUT2D eigenvalue weighted by Crippen LogP contribution is 2.19. The maximum absolute atomic E-state index is 5.68. The molecule has 2 rings (SSSR count). The number of hydrogen-bond acceptors (Lipinski definition) is 4. The normalized spacial score (nSPS) is 23.6. The van der Waals surface area contributed by atoms with Gasteiger partial charge >= 0.3 is 0 Å². The Kier molecular flexibility index (Phi) is 3.98. The van der Waals surface area contributed by atoms with Gasteiger partial charge in [-0.25, -0.2) is 0 Å². The monoisotopic (exact) mass is 224 g/mol. The highest BCUT2D eigenvalue weighted by molar-refractivity contribution is 5.03. The van der Waals surface area contributed by atoms with Crippen LogP contribution in [0.5, 0.6) is 0 Å². The van der Waals surface area contributed by atoms with Crippen LogP contribution in [0, 0.1) is 0 Å². The van der Waals surface area contributed by atoms with Gasteiger partial charge in [-0.15, -0.1) is 0 Å². The van der Waals surface area contributed by atoms with Gasteiger partial charge in [0.1, 0.15) is 5.76 Å². The van der Waals surface area contributed by atoms with Crippen molar-refractivity contribution < 1.29 is 9.15 Å². The molecule has 1 aromatic rings. The summed E-state index contributed by atoms with van der Waals surface area (Å²) in [4.78, 5) is 2.26. The van der Waals surface area contributed by atoms with Gasteiger partial charge in [-0.1, -0.05) is 0 Å². The first-order chi connectivity index (χ1) is 7.77. The Hall–Kier alpha value is -0.840. The molecule has 16 heavy (non-hydrogen) atoms. The smallest absolute Gasteiger partial charge is 0.120 e. The van der Waals surface area contributed by atoms with Crippen molar-refractivity contribution >= 4 is 0 Å². The predicted molar refractivity (Wildman–Crippen MR) is 62.4 cm³/mol. The second-order valence-electron chi connectivity index (χ2n) is 4.33. The number of nitrogens with zero attached hydrogens (tertiary/aromatic N) is 1. The molecular formula is C12H20N2O2. The Morgan fingerprint density at radius 2 is 2.50 bits per heavy atom. The quantitative estimate of drug-likeness (QED) is 0.835. The summed E-state index contributed by atoms with van der Waals surface area (Å²) < 4.78 is 11.1. The maximum Gasteiger partial charge on any atom is 0.120 e. The first-order valence-electron chi connectivity index (χ1n) is 5.83. The molecule has 1 fully saturated rings. The number of hydrogen-bond donors (Lipinski definition) is 1. The summed E-state index contributed by atoms with van der Waals surface area (Å²) in [6, 6.07) is 4.24. The van der Waals surface area contributed by atoms with Gasteiger partial charge in [0.25, 0.3) is 0 Å². The molecular weight excluding hydrogens is 204 g/mol. The van der Waals surface area contributed by atoms with E-state index in [0.29, 0.717) is 6.04 Å². The third kappa shape index (κ3) is 2.84. The summed E-state index contributed by atoms with van der Waals surface area (Å²) in [5.74, 6) is 1.01. The lowest BCUT2D eigenvalue weighted by Crippen LogP contribution is -2.44. The Balaban J connectivity index is 1.84. The summed E-state index contributed by atoms with van der Waals surface area (Å²) in [6.07, 6.45) is 2.01. The second-order valence-corrected chi connectivity index (χ2v) is 4.33. The van der Waals surface area contributed by atoms with Crippen molar-refractivity contribution in [2.75, 3.05) is 33.3 Å². The summed E-state index contributed by atoms with van der Waals surface area (Å²) in [6.45, 7) is 5.79. The molecule has 1 aliphatic heterocycles. The number of morpholine rings is 1. The zero-order chi connectivity index (χ0) is 11.4. The Morgan fingerprint density at radius 1 is 1.62 bits per heavy atom. The van der Waals surface area contributed by atoms with Gasteiger partial charge in [0.05, 0.1) is 25.0 Å². The molecule has 0 saturated carbocycles. The van der Waals surface area contributed by atoms with Crippen LogP contribution in [-0.4, -0.2) is 44.3 Å². The van der Waals surface area contributed by atoms with E-state index in [-0.39, 0.29) is 6.10 Å². The summed E-state index contributed by atoms with van der Waals surface area (Å²) >= 11 is 0. The minimum Gasteiger partial charge on any atom is -0.468 e. The molecule has 2 unspecified atom stereocenters. The molecule has 4 heteroatoms. The van der Waals surface area contributed by atoms with Crippen molar-refractivity contribution in [1.29, 1.82) is 0 Å². The number of likely N-dealkylation sites (N-methyl/N-ethyl adjacent to an activating group) is 1. The molecule has 1 aromatic heterocycles. The van der Waals surface area contributed by atoms with E-state index in [2.05, 4.69) is 24.2 Å². The fourth-order valence-corrected chi connectivity index (χ4v) is 1.96. The summed E-state index contributed by atoms with van der Waals surface area (Å²) in [5, 5.41) is 3.34. The number of furan rings is 1. The van der Waals surface area contributed by atoms with Gasteiger partial charge in [0.15, 0.2) is 0 Å². The first-order valence-corrected chi connectivity index (χ1v) is 5.83. The van der Waals surface area contributed by atoms with Gasteiger partial charge in [-0.2, -0.15) is 0 Å². The predicted octanol–water partition coefficient (Wildman–Crippen LogP) is 1.26. The molecule has 4 nitrogen and oxygen atoms in total. The summed E-state index contributed by atoms with van der Waals surface area (Å²) in [5.41, 5.74) is 0. The zero-order valence-electron chi connectivity index (χ0n) is 9.98. The Bertz CT molecular complexity index is 294. The van der Waals surface area contributed by atoms with Crippen molar-refractivity contribution in [3.8, 4) is 0 Å². The molecule has 0 amide bonds. The first kappa shape index (κ1) is 11.6. The van der Waals surface area contributed by atoms with E-state index < -0.39 is 0 Å². The van der Waals surface area contributed by atoms with Crippen LogP contribution in [0.25, 0.3) is 0 Å².